The lowest BCUT2D eigenvalue weighted by atomic mass is 10.0. The first-order valence-electron chi connectivity index (χ1n) is 8.51. The molecule has 0 spiro atoms. The van der Waals surface area contributed by atoms with Gasteiger partial charge in [0.05, 0.1) is 5.60 Å². The van der Waals surface area contributed by atoms with E-state index in [4.69, 9.17) is 4.74 Å². The first kappa shape index (κ1) is 20.5. The fourth-order valence-electron chi connectivity index (χ4n) is 2.36. The van der Waals surface area contributed by atoms with Crippen LogP contribution in [0, 0.1) is 0 Å². The molecule has 0 amide bonds. The number of aliphatic imine (C=N–C) groups is 1. The average Bonchev–Trinajstić information content (AvgIpc) is 2.55. The Morgan fingerprint density at radius 1 is 1.08 bits per heavy atom. The van der Waals surface area contributed by atoms with Gasteiger partial charge in [-0.1, -0.05) is 30.3 Å². The Labute approximate surface area is 147 Å². The number of ether oxygens (including phenoxy) is 1. The van der Waals surface area contributed by atoms with Crippen LogP contribution in [-0.4, -0.2) is 44.3 Å². The van der Waals surface area contributed by atoms with E-state index in [9.17, 15) is 0 Å². The molecule has 5 nitrogen and oxygen atoms in total. The van der Waals surface area contributed by atoms with E-state index in [1.807, 2.05) is 19.9 Å². The van der Waals surface area contributed by atoms with Crippen molar-refractivity contribution in [3.8, 4) is 0 Å². The van der Waals surface area contributed by atoms with Gasteiger partial charge >= 0.3 is 0 Å². The third kappa shape index (κ3) is 7.32. The van der Waals surface area contributed by atoms with Crippen LogP contribution in [0.25, 0.3) is 0 Å². The second-order valence-electron chi connectivity index (χ2n) is 7.40. The van der Waals surface area contributed by atoms with Crippen molar-refractivity contribution >= 4 is 5.96 Å². The monoisotopic (exact) mass is 334 g/mol. The highest BCUT2D eigenvalue weighted by Crippen LogP contribution is 2.15. The zero-order chi connectivity index (χ0) is 18.2. The molecule has 1 atom stereocenters. The Morgan fingerprint density at radius 3 is 2.21 bits per heavy atom. The topological polar surface area (TPSA) is 57.7 Å². The van der Waals surface area contributed by atoms with Gasteiger partial charge in [0, 0.05) is 38.8 Å². The molecule has 1 unspecified atom stereocenters. The average molecular weight is 335 g/mol. The molecule has 5 heteroatoms. The van der Waals surface area contributed by atoms with Gasteiger partial charge in [-0.25, -0.2) is 0 Å². The van der Waals surface area contributed by atoms with Crippen molar-refractivity contribution in [3.05, 3.63) is 35.9 Å². The molecule has 0 aliphatic rings. The number of nitrogens with zero attached hydrogens (tertiary/aromatic N) is 1. The number of guanidine groups is 1. The van der Waals surface area contributed by atoms with Crippen molar-refractivity contribution in [1.82, 2.24) is 16.0 Å². The summed E-state index contributed by atoms with van der Waals surface area (Å²) in [6.45, 7) is 12.1. The normalized spacial score (nSPS) is 14.4. The minimum atomic E-state index is -0.229. The van der Waals surface area contributed by atoms with Crippen LogP contribution in [-0.2, 0) is 4.74 Å². The van der Waals surface area contributed by atoms with E-state index in [2.05, 4.69) is 66.0 Å². The van der Waals surface area contributed by atoms with Crippen LogP contribution < -0.4 is 16.0 Å². The fourth-order valence-corrected chi connectivity index (χ4v) is 2.36. The molecule has 1 aromatic carbocycles. The first-order valence-corrected chi connectivity index (χ1v) is 8.51. The summed E-state index contributed by atoms with van der Waals surface area (Å²) in [7, 11) is 3.50. The van der Waals surface area contributed by atoms with E-state index >= 15 is 0 Å². The van der Waals surface area contributed by atoms with Gasteiger partial charge in [-0.2, -0.15) is 0 Å². The summed E-state index contributed by atoms with van der Waals surface area (Å²) in [6, 6.07) is 10.8. The quantitative estimate of drug-likeness (QED) is 0.505. The van der Waals surface area contributed by atoms with E-state index < -0.39 is 0 Å². The van der Waals surface area contributed by atoms with Crippen LogP contribution in [0.15, 0.2) is 35.3 Å². The maximum absolute atomic E-state index is 5.42. The van der Waals surface area contributed by atoms with Crippen molar-refractivity contribution in [2.45, 2.75) is 51.8 Å². The molecule has 3 N–H and O–H groups in total. The second-order valence-corrected chi connectivity index (χ2v) is 7.40. The molecule has 0 saturated heterocycles. The largest absolute Gasteiger partial charge is 0.377 e. The third-order valence-corrected chi connectivity index (χ3v) is 4.06. The minimum absolute atomic E-state index is 0.0797. The van der Waals surface area contributed by atoms with Crippen molar-refractivity contribution in [2.75, 3.05) is 27.2 Å². The highest BCUT2D eigenvalue weighted by Gasteiger charge is 2.22. The van der Waals surface area contributed by atoms with Crippen molar-refractivity contribution in [1.29, 1.82) is 0 Å². The highest BCUT2D eigenvalue weighted by atomic mass is 16.5. The number of benzene rings is 1. The molecule has 1 aromatic rings. The zero-order valence-electron chi connectivity index (χ0n) is 16.2. The lowest BCUT2D eigenvalue weighted by molar-refractivity contribution is 0.0268. The maximum atomic E-state index is 5.42. The molecular weight excluding hydrogens is 300 g/mol. The fraction of sp³-hybridized carbons (Fsp3) is 0.632. The maximum Gasteiger partial charge on any atom is 0.191 e. The molecule has 1 rings (SSSR count). The van der Waals surface area contributed by atoms with Crippen LogP contribution >= 0.6 is 0 Å². The summed E-state index contributed by atoms with van der Waals surface area (Å²) in [5.74, 6) is 0.780. The second kappa shape index (κ2) is 9.04. The number of rotatable bonds is 8. The van der Waals surface area contributed by atoms with E-state index in [0.29, 0.717) is 6.54 Å². The molecular formula is C19H34N4O. The molecule has 0 bridgehead atoms. The van der Waals surface area contributed by atoms with Crippen molar-refractivity contribution < 1.29 is 4.74 Å². The van der Waals surface area contributed by atoms with Crippen LogP contribution in [0.4, 0.5) is 0 Å². The standard InChI is InChI=1S/C19H34N4O/c1-15(16-11-9-8-10-12-16)23-18(2,3)13-21-17(20-6)22-14-19(4,5)24-7/h8-12,15,23H,13-14H2,1-7H3,(H2,20,21,22). The molecule has 0 aromatic heterocycles. The molecule has 0 heterocycles. The summed E-state index contributed by atoms with van der Waals surface area (Å²) >= 11 is 0. The number of methoxy groups -OCH3 is 1. The van der Waals surface area contributed by atoms with Gasteiger partial charge in [0.15, 0.2) is 5.96 Å². The predicted octanol–water partition coefficient (Wildman–Crippen LogP) is 2.71. The summed E-state index contributed by atoms with van der Waals surface area (Å²) < 4.78 is 5.42. The van der Waals surface area contributed by atoms with Gasteiger partial charge < -0.3 is 20.7 Å². The predicted molar refractivity (Wildman–Crippen MR) is 103 cm³/mol. The molecule has 0 aliphatic carbocycles. The van der Waals surface area contributed by atoms with Crippen molar-refractivity contribution in [2.24, 2.45) is 4.99 Å². The highest BCUT2D eigenvalue weighted by molar-refractivity contribution is 5.79. The van der Waals surface area contributed by atoms with E-state index in [-0.39, 0.29) is 17.2 Å². The SMILES string of the molecule is CN=C(NCC(C)(C)NC(C)c1ccccc1)NCC(C)(C)OC. The summed E-state index contributed by atoms with van der Waals surface area (Å²) in [4.78, 5) is 4.28. The van der Waals surface area contributed by atoms with E-state index in [1.54, 1.807) is 14.2 Å². The smallest absolute Gasteiger partial charge is 0.191 e. The summed E-state index contributed by atoms with van der Waals surface area (Å²) in [6.07, 6.45) is 0. The van der Waals surface area contributed by atoms with Gasteiger partial charge in [0.25, 0.3) is 0 Å². The lowest BCUT2D eigenvalue weighted by Crippen LogP contribution is -2.53. The van der Waals surface area contributed by atoms with Gasteiger partial charge in [-0.15, -0.1) is 0 Å². The first-order chi connectivity index (χ1) is 11.2. The summed E-state index contributed by atoms with van der Waals surface area (Å²) in [5, 5.41) is 10.4. The Morgan fingerprint density at radius 2 is 1.67 bits per heavy atom. The molecule has 0 radical (unpaired) electrons. The number of nitrogens with one attached hydrogen (secondary N) is 3. The Bertz CT molecular complexity index is 511. The van der Waals surface area contributed by atoms with Crippen molar-refractivity contribution in [3.63, 3.8) is 0 Å². The van der Waals surface area contributed by atoms with Gasteiger partial charge in [-0.05, 0) is 40.2 Å². The van der Waals surface area contributed by atoms with Crippen LogP contribution in [0.3, 0.4) is 0 Å². The Hall–Kier alpha value is -1.59. The van der Waals surface area contributed by atoms with Crippen LogP contribution in [0.5, 0.6) is 0 Å². The van der Waals surface area contributed by atoms with E-state index in [1.165, 1.54) is 5.56 Å². The number of hydrogen-bond donors (Lipinski definition) is 3. The van der Waals surface area contributed by atoms with Gasteiger partial charge in [-0.3, -0.25) is 4.99 Å². The molecule has 0 aliphatic heterocycles. The Kier molecular flexibility index (Phi) is 7.70. The van der Waals surface area contributed by atoms with Crippen LogP contribution in [0.2, 0.25) is 0 Å². The molecule has 0 saturated carbocycles. The van der Waals surface area contributed by atoms with Crippen LogP contribution in [0.1, 0.15) is 46.2 Å². The minimum Gasteiger partial charge on any atom is -0.377 e. The molecule has 136 valence electrons. The zero-order valence-corrected chi connectivity index (χ0v) is 16.2. The molecule has 24 heavy (non-hydrogen) atoms. The number of hydrogen-bond acceptors (Lipinski definition) is 3. The summed E-state index contributed by atoms with van der Waals surface area (Å²) in [5.41, 5.74) is 0.978. The van der Waals surface area contributed by atoms with Gasteiger partial charge in [0.1, 0.15) is 0 Å². The van der Waals surface area contributed by atoms with E-state index in [0.717, 1.165) is 12.5 Å². The lowest BCUT2D eigenvalue weighted by Gasteiger charge is -2.32. The third-order valence-electron chi connectivity index (χ3n) is 4.06. The molecule has 0 fully saturated rings. The Balaban J connectivity index is 2.51. The van der Waals surface area contributed by atoms with Gasteiger partial charge in [0.2, 0.25) is 0 Å².